The van der Waals surface area contributed by atoms with E-state index in [1.54, 1.807) is 0 Å². The molecule has 5 heteroatoms. The fraction of sp³-hybridized carbons (Fsp3) is 0.585. The Labute approximate surface area is 356 Å². The third-order valence-corrected chi connectivity index (χ3v) is 9.06. The second-order valence-corrected chi connectivity index (χ2v) is 14.6. The fourth-order valence-corrected chi connectivity index (χ4v) is 5.72. The van der Waals surface area contributed by atoms with E-state index in [1.165, 1.54) is 64.2 Å². The standard InChI is InChI=1S/C53H84O5/c1-4-7-10-13-16-19-22-25-27-29-31-34-37-40-43-46-52(54)57-50-51(49-56-48-45-42-39-36-33-24-21-18-15-12-9-6-3)58-53(55)47-44-41-38-35-32-30-28-26-23-20-17-14-11-8-5-2/h7-8,10-11,16-17,19-20,25-28,31-32,34-35,40-41,43-44,51H,4-6,9,12-15,18,21-24,29-30,33,36-39,42,45-50H2,1-3H3/b10-7-,11-8-,19-16-,20-17-,27-25-,28-26-,34-31-,35-32-,43-40-,44-41-. The van der Waals surface area contributed by atoms with Crippen LogP contribution < -0.4 is 0 Å². The van der Waals surface area contributed by atoms with Crippen molar-refractivity contribution in [1.29, 1.82) is 0 Å². The molecule has 0 aromatic rings. The largest absolute Gasteiger partial charge is 0.461 e. The Morgan fingerprint density at radius 1 is 0.379 bits per heavy atom. The number of esters is 2. The third kappa shape index (κ3) is 45.0. The summed E-state index contributed by atoms with van der Waals surface area (Å²) in [5.41, 5.74) is 0. The summed E-state index contributed by atoms with van der Waals surface area (Å²) in [6.07, 6.45) is 66.7. The van der Waals surface area contributed by atoms with Crippen LogP contribution in [0, 0.1) is 0 Å². The van der Waals surface area contributed by atoms with Gasteiger partial charge in [-0.2, -0.15) is 0 Å². The predicted molar refractivity (Wildman–Crippen MR) is 251 cm³/mol. The van der Waals surface area contributed by atoms with Gasteiger partial charge in [0.25, 0.3) is 0 Å². The van der Waals surface area contributed by atoms with Crippen molar-refractivity contribution in [2.24, 2.45) is 0 Å². The summed E-state index contributed by atoms with van der Waals surface area (Å²) in [6.45, 7) is 7.36. The first kappa shape index (κ1) is 54.3. The second-order valence-electron chi connectivity index (χ2n) is 14.6. The zero-order valence-electron chi connectivity index (χ0n) is 37.3. The zero-order valence-corrected chi connectivity index (χ0v) is 37.3. The first-order valence-electron chi connectivity index (χ1n) is 23.1. The minimum absolute atomic E-state index is 0.0145. The number of carbonyl (C=O) groups is 2. The Morgan fingerprint density at radius 3 is 1.09 bits per heavy atom. The first-order chi connectivity index (χ1) is 28.6. The molecule has 0 N–H and O–H groups in total. The molecule has 0 saturated heterocycles. The van der Waals surface area contributed by atoms with Crippen LogP contribution in [0.1, 0.15) is 175 Å². The van der Waals surface area contributed by atoms with Gasteiger partial charge in [-0.25, -0.2) is 0 Å². The summed E-state index contributed by atoms with van der Waals surface area (Å²) in [4.78, 5) is 25.2. The van der Waals surface area contributed by atoms with E-state index >= 15 is 0 Å². The Balaban J connectivity index is 4.55. The fourth-order valence-electron chi connectivity index (χ4n) is 5.72. The van der Waals surface area contributed by atoms with E-state index in [1.807, 2.05) is 24.3 Å². The molecule has 0 spiro atoms. The Hall–Kier alpha value is -3.70. The lowest BCUT2D eigenvalue weighted by atomic mass is 10.1. The Bertz CT molecular complexity index is 1220. The maximum atomic E-state index is 12.7. The van der Waals surface area contributed by atoms with Gasteiger partial charge in [-0.3, -0.25) is 9.59 Å². The molecular weight excluding hydrogens is 717 g/mol. The zero-order chi connectivity index (χ0) is 42.1. The second kappa shape index (κ2) is 47.7. The van der Waals surface area contributed by atoms with Gasteiger partial charge >= 0.3 is 11.9 Å². The van der Waals surface area contributed by atoms with Crippen molar-refractivity contribution in [2.75, 3.05) is 19.8 Å². The van der Waals surface area contributed by atoms with Crippen molar-refractivity contribution in [3.63, 3.8) is 0 Å². The molecule has 0 aliphatic carbocycles. The molecule has 0 aliphatic rings. The van der Waals surface area contributed by atoms with E-state index in [9.17, 15) is 9.59 Å². The number of hydrogen-bond acceptors (Lipinski definition) is 5. The van der Waals surface area contributed by atoms with Gasteiger partial charge in [0.05, 0.1) is 19.4 Å². The smallest absolute Gasteiger partial charge is 0.310 e. The van der Waals surface area contributed by atoms with Gasteiger partial charge in [-0.15, -0.1) is 0 Å². The molecule has 5 nitrogen and oxygen atoms in total. The number of carbonyl (C=O) groups excluding carboxylic acids is 2. The van der Waals surface area contributed by atoms with Gasteiger partial charge < -0.3 is 14.2 Å². The monoisotopic (exact) mass is 801 g/mol. The van der Waals surface area contributed by atoms with E-state index in [0.717, 1.165) is 77.0 Å². The molecule has 0 heterocycles. The molecule has 0 radical (unpaired) electrons. The molecule has 0 aromatic heterocycles. The highest BCUT2D eigenvalue weighted by Crippen LogP contribution is 2.12. The van der Waals surface area contributed by atoms with Crippen molar-refractivity contribution < 1.29 is 23.8 Å². The maximum Gasteiger partial charge on any atom is 0.310 e. The molecule has 0 amide bonds. The average Bonchev–Trinajstić information content (AvgIpc) is 3.22. The minimum atomic E-state index is -0.634. The third-order valence-electron chi connectivity index (χ3n) is 9.06. The molecule has 0 fully saturated rings. The Morgan fingerprint density at radius 2 is 0.707 bits per heavy atom. The predicted octanol–water partition coefficient (Wildman–Crippen LogP) is 15.4. The van der Waals surface area contributed by atoms with Crippen molar-refractivity contribution in [3.8, 4) is 0 Å². The number of ether oxygens (including phenoxy) is 3. The van der Waals surface area contributed by atoms with E-state index < -0.39 is 6.10 Å². The molecule has 0 rings (SSSR count). The van der Waals surface area contributed by atoms with Crippen LogP contribution in [-0.2, 0) is 23.8 Å². The molecule has 1 atom stereocenters. The van der Waals surface area contributed by atoms with E-state index in [2.05, 4.69) is 118 Å². The topological polar surface area (TPSA) is 61.8 Å². The summed E-state index contributed by atoms with van der Waals surface area (Å²) < 4.78 is 17.1. The average molecular weight is 801 g/mol. The number of unbranched alkanes of at least 4 members (excludes halogenated alkanes) is 11. The van der Waals surface area contributed by atoms with Crippen LogP contribution in [-0.4, -0.2) is 37.9 Å². The molecule has 1 unspecified atom stereocenters. The molecule has 0 aromatic carbocycles. The highest BCUT2D eigenvalue weighted by molar-refractivity contribution is 5.72. The molecule has 326 valence electrons. The van der Waals surface area contributed by atoms with Gasteiger partial charge in [0, 0.05) is 6.61 Å². The van der Waals surface area contributed by atoms with Crippen LogP contribution >= 0.6 is 0 Å². The van der Waals surface area contributed by atoms with Crippen LogP contribution in [0.4, 0.5) is 0 Å². The van der Waals surface area contributed by atoms with Crippen LogP contribution in [0.3, 0.4) is 0 Å². The normalized spacial score (nSPS) is 13.4. The number of hydrogen-bond donors (Lipinski definition) is 0. The van der Waals surface area contributed by atoms with Gasteiger partial charge in [-0.05, 0) is 70.6 Å². The summed E-state index contributed by atoms with van der Waals surface area (Å²) >= 11 is 0. The van der Waals surface area contributed by atoms with Gasteiger partial charge in [-0.1, -0.05) is 213 Å². The van der Waals surface area contributed by atoms with Crippen molar-refractivity contribution in [2.45, 2.75) is 181 Å². The van der Waals surface area contributed by atoms with Crippen LogP contribution in [0.5, 0.6) is 0 Å². The molecule has 0 saturated carbocycles. The highest BCUT2D eigenvalue weighted by atomic mass is 16.6. The van der Waals surface area contributed by atoms with E-state index in [4.69, 9.17) is 14.2 Å². The van der Waals surface area contributed by atoms with E-state index in [0.29, 0.717) is 6.61 Å². The first-order valence-corrected chi connectivity index (χ1v) is 23.1. The Kier molecular flexibility index (Phi) is 44.6. The number of allylic oxidation sites excluding steroid dienone is 18. The summed E-state index contributed by atoms with van der Waals surface area (Å²) in [6, 6.07) is 0. The lowest BCUT2D eigenvalue weighted by Crippen LogP contribution is -2.29. The minimum Gasteiger partial charge on any atom is -0.461 e. The molecule has 58 heavy (non-hydrogen) atoms. The quantitative estimate of drug-likeness (QED) is 0.0351. The molecule has 0 bridgehead atoms. The summed E-state index contributed by atoms with van der Waals surface area (Å²) in [7, 11) is 0. The lowest BCUT2D eigenvalue weighted by molar-refractivity contribution is -0.161. The van der Waals surface area contributed by atoms with Gasteiger partial charge in [0.1, 0.15) is 6.61 Å². The summed E-state index contributed by atoms with van der Waals surface area (Å²) in [5, 5.41) is 0. The maximum absolute atomic E-state index is 12.7. The molecule has 0 aliphatic heterocycles. The molecular formula is C53H84O5. The highest BCUT2D eigenvalue weighted by Gasteiger charge is 2.16. The lowest BCUT2D eigenvalue weighted by Gasteiger charge is -2.18. The SMILES string of the molecule is CC/C=C\C/C=C\C/C=C\C/C=C\C/C=C\CC(=O)OCC(COCCCCCCCCCCCCCC)OC(=O)C/C=C\C/C=C\C/C=C\C/C=C\C/C=C\CC. The van der Waals surface area contributed by atoms with Crippen molar-refractivity contribution >= 4 is 11.9 Å². The van der Waals surface area contributed by atoms with Gasteiger partial charge in [0.2, 0.25) is 0 Å². The number of rotatable bonds is 40. The van der Waals surface area contributed by atoms with Crippen molar-refractivity contribution in [1.82, 2.24) is 0 Å². The van der Waals surface area contributed by atoms with Crippen LogP contribution in [0.2, 0.25) is 0 Å². The van der Waals surface area contributed by atoms with Crippen molar-refractivity contribution in [3.05, 3.63) is 122 Å². The van der Waals surface area contributed by atoms with Crippen LogP contribution in [0.25, 0.3) is 0 Å². The van der Waals surface area contributed by atoms with E-state index in [-0.39, 0.29) is 38.0 Å². The van der Waals surface area contributed by atoms with Crippen LogP contribution in [0.15, 0.2) is 122 Å². The van der Waals surface area contributed by atoms with Gasteiger partial charge in [0.15, 0.2) is 6.10 Å². The summed E-state index contributed by atoms with van der Waals surface area (Å²) in [5.74, 6) is -0.699.